The molecule has 20 heavy (non-hydrogen) atoms. The second-order valence-electron chi connectivity index (χ2n) is 5.72. The fourth-order valence-corrected chi connectivity index (χ4v) is 1.99. The lowest BCUT2D eigenvalue weighted by Gasteiger charge is -2.24. The van der Waals surface area contributed by atoms with Crippen molar-refractivity contribution in [3.63, 3.8) is 0 Å². The number of benzene rings is 1. The van der Waals surface area contributed by atoms with Gasteiger partial charge in [0.05, 0.1) is 6.42 Å². The van der Waals surface area contributed by atoms with Crippen molar-refractivity contribution in [1.29, 1.82) is 0 Å². The predicted molar refractivity (Wildman–Crippen MR) is 82.0 cm³/mol. The Morgan fingerprint density at radius 1 is 1.15 bits per heavy atom. The van der Waals surface area contributed by atoms with Gasteiger partial charge in [0.15, 0.2) is 0 Å². The standard InChI is InChI=1S/C17H22N2O/c1-4-17(2,3)18-16(20)13-14-7-9-15(10-8-14)19-11-5-6-12-19/h5-12H,4,13H2,1-3H3,(H,18,20). The molecule has 1 amide bonds. The average Bonchev–Trinajstić information content (AvgIpc) is 2.93. The molecular formula is C17H22N2O. The third-order valence-electron chi connectivity index (χ3n) is 3.57. The van der Waals surface area contributed by atoms with Crippen LogP contribution in [0.1, 0.15) is 32.8 Å². The summed E-state index contributed by atoms with van der Waals surface area (Å²) in [7, 11) is 0. The highest BCUT2D eigenvalue weighted by Gasteiger charge is 2.17. The SMILES string of the molecule is CCC(C)(C)NC(=O)Cc1ccc(-n2cccc2)cc1. The van der Waals surface area contributed by atoms with Crippen molar-refractivity contribution in [2.75, 3.05) is 0 Å². The first-order valence-electron chi connectivity index (χ1n) is 7.03. The smallest absolute Gasteiger partial charge is 0.224 e. The third-order valence-corrected chi connectivity index (χ3v) is 3.57. The zero-order chi connectivity index (χ0) is 14.6. The molecule has 0 spiro atoms. The highest BCUT2D eigenvalue weighted by atomic mass is 16.1. The minimum absolute atomic E-state index is 0.0746. The first kappa shape index (κ1) is 14.4. The Balaban J connectivity index is 1.99. The van der Waals surface area contributed by atoms with Crippen LogP contribution in [0, 0.1) is 0 Å². The van der Waals surface area contributed by atoms with Gasteiger partial charge in [-0.15, -0.1) is 0 Å². The largest absolute Gasteiger partial charge is 0.351 e. The summed E-state index contributed by atoms with van der Waals surface area (Å²) in [6, 6.07) is 12.1. The molecule has 0 saturated carbocycles. The molecule has 1 aromatic carbocycles. The third kappa shape index (κ3) is 3.73. The Labute approximate surface area is 120 Å². The van der Waals surface area contributed by atoms with Crippen LogP contribution in [0.5, 0.6) is 0 Å². The molecule has 1 N–H and O–H groups in total. The molecule has 0 aliphatic heterocycles. The van der Waals surface area contributed by atoms with Crippen LogP contribution in [0.2, 0.25) is 0 Å². The van der Waals surface area contributed by atoms with E-state index < -0.39 is 0 Å². The summed E-state index contributed by atoms with van der Waals surface area (Å²) >= 11 is 0. The molecule has 0 saturated heterocycles. The van der Waals surface area contributed by atoms with E-state index >= 15 is 0 Å². The molecule has 0 aliphatic rings. The number of aromatic nitrogens is 1. The van der Waals surface area contributed by atoms with Crippen LogP contribution < -0.4 is 5.32 Å². The van der Waals surface area contributed by atoms with Crippen LogP contribution in [0.15, 0.2) is 48.8 Å². The lowest BCUT2D eigenvalue weighted by Crippen LogP contribution is -2.43. The second-order valence-corrected chi connectivity index (χ2v) is 5.72. The number of rotatable bonds is 5. The lowest BCUT2D eigenvalue weighted by atomic mass is 10.0. The number of hydrogen-bond acceptors (Lipinski definition) is 1. The summed E-state index contributed by atoms with van der Waals surface area (Å²) in [5, 5.41) is 3.05. The molecule has 0 aliphatic carbocycles. The molecule has 0 bridgehead atoms. The minimum atomic E-state index is -0.137. The van der Waals surface area contributed by atoms with Crippen molar-refractivity contribution in [2.24, 2.45) is 0 Å². The molecule has 3 heteroatoms. The summed E-state index contributed by atoms with van der Waals surface area (Å²) in [5.74, 6) is 0.0746. The second kappa shape index (κ2) is 5.95. The van der Waals surface area contributed by atoms with Gasteiger partial charge < -0.3 is 9.88 Å². The molecule has 0 fully saturated rings. The van der Waals surface area contributed by atoms with E-state index in [-0.39, 0.29) is 11.4 Å². The number of hydrogen-bond donors (Lipinski definition) is 1. The Morgan fingerprint density at radius 3 is 2.30 bits per heavy atom. The van der Waals surface area contributed by atoms with Gasteiger partial charge in [0, 0.05) is 23.6 Å². The van der Waals surface area contributed by atoms with E-state index in [0.29, 0.717) is 6.42 Å². The summed E-state index contributed by atoms with van der Waals surface area (Å²) in [5.41, 5.74) is 2.00. The predicted octanol–water partition coefficient (Wildman–Crippen LogP) is 3.32. The summed E-state index contributed by atoms with van der Waals surface area (Å²) in [6.07, 6.45) is 5.36. The Morgan fingerprint density at radius 2 is 1.75 bits per heavy atom. The van der Waals surface area contributed by atoms with Crippen LogP contribution in [-0.2, 0) is 11.2 Å². The molecule has 1 heterocycles. The van der Waals surface area contributed by atoms with Crippen molar-refractivity contribution in [2.45, 2.75) is 39.2 Å². The maximum absolute atomic E-state index is 12.0. The fraction of sp³-hybridized carbons (Fsp3) is 0.353. The molecule has 0 radical (unpaired) electrons. The van der Waals surface area contributed by atoms with E-state index in [4.69, 9.17) is 0 Å². The van der Waals surface area contributed by atoms with E-state index in [1.807, 2.05) is 67.2 Å². The van der Waals surface area contributed by atoms with E-state index in [1.165, 1.54) is 0 Å². The van der Waals surface area contributed by atoms with Crippen molar-refractivity contribution >= 4 is 5.91 Å². The highest BCUT2D eigenvalue weighted by Crippen LogP contribution is 2.12. The molecule has 2 rings (SSSR count). The summed E-state index contributed by atoms with van der Waals surface area (Å²) in [4.78, 5) is 12.0. The summed E-state index contributed by atoms with van der Waals surface area (Å²) in [6.45, 7) is 6.16. The van der Waals surface area contributed by atoms with Crippen LogP contribution in [-0.4, -0.2) is 16.0 Å². The molecule has 0 unspecified atom stereocenters. The maximum atomic E-state index is 12.0. The van der Waals surface area contributed by atoms with Crippen molar-refractivity contribution in [3.8, 4) is 5.69 Å². The summed E-state index contributed by atoms with van der Waals surface area (Å²) < 4.78 is 2.05. The molecular weight excluding hydrogens is 248 g/mol. The topological polar surface area (TPSA) is 34.0 Å². The minimum Gasteiger partial charge on any atom is -0.351 e. The molecule has 3 nitrogen and oxygen atoms in total. The van der Waals surface area contributed by atoms with E-state index in [0.717, 1.165) is 17.7 Å². The van der Waals surface area contributed by atoms with Gasteiger partial charge >= 0.3 is 0 Å². The van der Waals surface area contributed by atoms with Gasteiger partial charge in [-0.2, -0.15) is 0 Å². The molecule has 0 atom stereocenters. The first-order chi connectivity index (χ1) is 9.50. The molecule has 2 aromatic rings. The van der Waals surface area contributed by atoms with E-state index in [1.54, 1.807) is 0 Å². The lowest BCUT2D eigenvalue weighted by molar-refractivity contribution is -0.122. The number of carbonyl (C=O) groups is 1. The first-order valence-corrected chi connectivity index (χ1v) is 7.03. The average molecular weight is 270 g/mol. The molecule has 106 valence electrons. The van der Waals surface area contributed by atoms with Gasteiger partial charge in [-0.25, -0.2) is 0 Å². The highest BCUT2D eigenvalue weighted by molar-refractivity contribution is 5.79. The molecule has 1 aromatic heterocycles. The number of nitrogens with zero attached hydrogens (tertiary/aromatic N) is 1. The van der Waals surface area contributed by atoms with Gasteiger partial charge in [-0.05, 0) is 50.1 Å². The van der Waals surface area contributed by atoms with Gasteiger partial charge in [0.2, 0.25) is 5.91 Å². The Bertz CT molecular complexity index is 553. The number of carbonyl (C=O) groups excluding carboxylic acids is 1. The zero-order valence-electron chi connectivity index (χ0n) is 12.4. The van der Waals surface area contributed by atoms with Gasteiger partial charge in [-0.1, -0.05) is 19.1 Å². The monoisotopic (exact) mass is 270 g/mol. The van der Waals surface area contributed by atoms with Gasteiger partial charge in [0.1, 0.15) is 0 Å². The van der Waals surface area contributed by atoms with E-state index in [9.17, 15) is 4.79 Å². The van der Waals surface area contributed by atoms with Gasteiger partial charge in [-0.3, -0.25) is 4.79 Å². The Kier molecular flexibility index (Phi) is 4.28. The zero-order valence-corrected chi connectivity index (χ0v) is 12.4. The van der Waals surface area contributed by atoms with Crippen LogP contribution in [0.4, 0.5) is 0 Å². The van der Waals surface area contributed by atoms with Gasteiger partial charge in [0.25, 0.3) is 0 Å². The van der Waals surface area contributed by atoms with Crippen molar-refractivity contribution in [1.82, 2.24) is 9.88 Å². The maximum Gasteiger partial charge on any atom is 0.224 e. The number of nitrogens with one attached hydrogen (secondary N) is 1. The van der Waals surface area contributed by atoms with Crippen LogP contribution in [0.3, 0.4) is 0 Å². The normalized spacial score (nSPS) is 11.3. The number of amides is 1. The van der Waals surface area contributed by atoms with E-state index in [2.05, 4.69) is 12.2 Å². The quantitative estimate of drug-likeness (QED) is 0.888. The fourth-order valence-electron chi connectivity index (χ4n) is 1.99. The Hall–Kier alpha value is -2.03. The van der Waals surface area contributed by atoms with Crippen molar-refractivity contribution < 1.29 is 4.79 Å². The van der Waals surface area contributed by atoms with Crippen LogP contribution in [0.25, 0.3) is 5.69 Å². The van der Waals surface area contributed by atoms with Crippen molar-refractivity contribution in [3.05, 3.63) is 54.4 Å². The van der Waals surface area contributed by atoms with Crippen LogP contribution >= 0.6 is 0 Å².